The minimum absolute atomic E-state index is 0.0135. The van der Waals surface area contributed by atoms with Crippen LogP contribution in [0.25, 0.3) is 10.2 Å². The number of hydrogen-bond donors (Lipinski definition) is 2. The number of rotatable bonds is 5. The summed E-state index contributed by atoms with van der Waals surface area (Å²) in [5.74, 6) is -1.49. The number of thiazole rings is 1. The van der Waals surface area contributed by atoms with E-state index in [0.29, 0.717) is 22.0 Å². The third kappa shape index (κ3) is 3.10. The highest BCUT2D eigenvalue weighted by Gasteiger charge is 2.46. The monoisotopic (exact) mass is 448 g/mol. The maximum Gasteiger partial charge on any atom is 0.296 e. The lowest BCUT2D eigenvalue weighted by atomic mass is 9.95. The van der Waals surface area contributed by atoms with Crippen LogP contribution in [0.3, 0.4) is 0 Å². The van der Waals surface area contributed by atoms with E-state index >= 15 is 0 Å². The molecule has 0 aliphatic carbocycles. The van der Waals surface area contributed by atoms with Gasteiger partial charge in [-0.15, -0.1) is 0 Å². The number of aliphatic hydroxyl groups excluding tert-OH is 1. The van der Waals surface area contributed by atoms with Gasteiger partial charge in [-0.05, 0) is 48.0 Å². The molecule has 160 valence electrons. The first-order valence-electron chi connectivity index (χ1n) is 9.56. The number of benzene rings is 2. The summed E-state index contributed by atoms with van der Waals surface area (Å²) in [7, 11) is 1.56. The Morgan fingerprint density at radius 3 is 2.72 bits per heavy atom. The molecule has 1 atom stereocenters. The van der Waals surface area contributed by atoms with Crippen LogP contribution in [-0.2, 0) is 4.79 Å². The van der Waals surface area contributed by atoms with Gasteiger partial charge in [-0.25, -0.2) is 4.98 Å². The molecule has 0 saturated heterocycles. The molecule has 4 aromatic rings. The van der Waals surface area contributed by atoms with Gasteiger partial charge in [0.15, 0.2) is 16.7 Å². The van der Waals surface area contributed by atoms with E-state index in [2.05, 4.69) is 4.98 Å². The summed E-state index contributed by atoms with van der Waals surface area (Å²) in [6.45, 7) is 0. The molecule has 1 aliphatic heterocycles. The van der Waals surface area contributed by atoms with E-state index in [1.165, 1.54) is 40.7 Å². The number of nitrogens with zero attached hydrogens (tertiary/aromatic N) is 2. The molecule has 0 saturated carbocycles. The lowest BCUT2D eigenvalue weighted by molar-refractivity contribution is -0.117. The van der Waals surface area contributed by atoms with Crippen LogP contribution in [0.5, 0.6) is 11.5 Å². The van der Waals surface area contributed by atoms with Crippen LogP contribution in [0.4, 0.5) is 5.13 Å². The fourth-order valence-corrected chi connectivity index (χ4v) is 4.73. The van der Waals surface area contributed by atoms with Crippen molar-refractivity contribution in [2.75, 3.05) is 12.0 Å². The number of ether oxygens (including phenoxy) is 1. The number of aromatic hydroxyl groups is 1. The van der Waals surface area contributed by atoms with Gasteiger partial charge in [-0.1, -0.05) is 23.5 Å². The summed E-state index contributed by atoms with van der Waals surface area (Å²) in [5.41, 5.74) is 0.931. The molecule has 0 radical (unpaired) electrons. The number of ketones is 1. The molecule has 2 aromatic carbocycles. The molecule has 8 nitrogen and oxygen atoms in total. The maximum atomic E-state index is 13.2. The van der Waals surface area contributed by atoms with Crippen molar-refractivity contribution in [3.8, 4) is 11.5 Å². The predicted octanol–water partition coefficient (Wildman–Crippen LogP) is 4.39. The number of fused-ring (bicyclic) bond motifs is 1. The predicted molar refractivity (Wildman–Crippen MR) is 117 cm³/mol. The van der Waals surface area contributed by atoms with E-state index in [1.807, 2.05) is 0 Å². The number of phenols is 1. The van der Waals surface area contributed by atoms with E-state index < -0.39 is 23.5 Å². The van der Waals surface area contributed by atoms with Gasteiger partial charge in [0.1, 0.15) is 11.5 Å². The van der Waals surface area contributed by atoms with Crippen molar-refractivity contribution < 1.29 is 29.0 Å². The van der Waals surface area contributed by atoms with Crippen molar-refractivity contribution in [2.24, 2.45) is 0 Å². The van der Waals surface area contributed by atoms with Gasteiger partial charge in [0.25, 0.3) is 5.91 Å². The standard InChI is InChI=1S/C23H16N2O6S/c1-30-14-7-8-15-17(11-14)32-23(24-15)25-19(12-4-2-5-13(26)10-12)18(21(28)22(25)29)20(27)16-6-3-9-31-16/h2-11,19,26,28H,1H3/t19-/m1/s1. The number of aliphatic hydroxyl groups is 1. The third-order valence-electron chi connectivity index (χ3n) is 5.17. The summed E-state index contributed by atoms with van der Waals surface area (Å²) in [4.78, 5) is 32.2. The first-order valence-corrected chi connectivity index (χ1v) is 10.4. The largest absolute Gasteiger partial charge is 0.508 e. The SMILES string of the molecule is COc1ccc2nc(N3C(=O)C(O)=C(C(=O)c4ccco4)[C@H]3c3cccc(O)c3)sc2c1. The molecule has 2 N–H and O–H groups in total. The fraction of sp³-hybridized carbons (Fsp3) is 0.0870. The Bertz CT molecular complexity index is 1390. The van der Waals surface area contributed by atoms with E-state index in [0.717, 1.165) is 4.70 Å². The third-order valence-corrected chi connectivity index (χ3v) is 6.19. The van der Waals surface area contributed by atoms with E-state index in [4.69, 9.17) is 9.15 Å². The van der Waals surface area contributed by atoms with Crippen LogP contribution in [0.2, 0.25) is 0 Å². The zero-order valence-electron chi connectivity index (χ0n) is 16.7. The minimum atomic E-state index is -1.00. The summed E-state index contributed by atoms with van der Waals surface area (Å²) in [6.07, 6.45) is 1.34. The molecule has 1 aliphatic rings. The molecule has 0 bridgehead atoms. The van der Waals surface area contributed by atoms with Crippen LogP contribution >= 0.6 is 11.3 Å². The zero-order chi connectivity index (χ0) is 22.4. The van der Waals surface area contributed by atoms with Crippen molar-refractivity contribution in [2.45, 2.75) is 6.04 Å². The molecule has 2 aromatic heterocycles. The molecule has 5 rings (SSSR count). The summed E-state index contributed by atoms with van der Waals surface area (Å²) >= 11 is 1.22. The average molecular weight is 448 g/mol. The lowest BCUT2D eigenvalue weighted by Gasteiger charge is -2.24. The number of amides is 1. The maximum absolute atomic E-state index is 13.2. The molecule has 0 spiro atoms. The molecule has 1 amide bonds. The smallest absolute Gasteiger partial charge is 0.296 e. The van der Waals surface area contributed by atoms with Gasteiger partial charge in [-0.2, -0.15) is 0 Å². The second-order valence-electron chi connectivity index (χ2n) is 7.07. The van der Waals surface area contributed by atoms with Crippen LogP contribution in [0.1, 0.15) is 22.2 Å². The lowest BCUT2D eigenvalue weighted by Crippen LogP contribution is -2.30. The molecule has 32 heavy (non-hydrogen) atoms. The average Bonchev–Trinajstić information content (AvgIpc) is 3.51. The van der Waals surface area contributed by atoms with E-state index in [-0.39, 0.29) is 17.1 Å². The van der Waals surface area contributed by atoms with Crippen molar-refractivity contribution in [3.63, 3.8) is 0 Å². The van der Waals surface area contributed by atoms with Crippen LogP contribution in [0.15, 0.2) is 76.6 Å². The quantitative estimate of drug-likeness (QED) is 0.436. The second-order valence-corrected chi connectivity index (χ2v) is 8.08. The van der Waals surface area contributed by atoms with E-state index in [1.54, 1.807) is 43.5 Å². The first kappa shape index (κ1) is 19.8. The molecule has 9 heteroatoms. The Kier molecular flexibility index (Phi) is 4.67. The fourth-order valence-electron chi connectivity index (χ4n) is 3.71. The van der Waals surface area contributed by atoms with Gasteiger partial charge in [-0.3, -0.25) is 14.5 Å². The topological polar surface area (TPSA) is 113 Å². The summed E-state index contributed by atoms with van der Waals surface area (Å²) in [5, 5.41) is 21.1. The molecule has 0 fully saturated rings. The first-order chi connectivity index (χ1) is 15.5. The molecule has 0 unspecified atom stereocenters. The number of furan rings is 1. The van der Waals surface area contributed by atoms with Crippen LogP contribution < -0.4 is 9.64 Å². The molecular weight excluding hydrogens is 432 g/mol. The normalized spacial score (nSPS) is 16.2. The highest BCUT2D eigenvalue weighted by atomic mass is 32.1. The number of phenolic OH excluding ortho intramolecular Hbond substituents is 1. The van der Waals surface area contributed by atoms with Crippen molar-refractivity contribution >= 4 is 38.4 Å². The van der Waals surface area contributed by atoms with Crippen molar-refractivity contribution in [1.82, 2.24) is 4.98 Å². The number of methoxy groups -OCH3 is 1. The van der Waals surface area contributed by atoms with Gasteiger partial charge >= 0.3 is 0 Å². The second kappa shape index (κ2) is 7.54. The number of aromatic nitrogens is 1. The number of hydrogen-bond acceptors (Lipinski definition) is 8. The Labute approximate surface area is 185 Å². The Hall–Kier alpha value is -4.11. The highest BCUT2D eigenvalue weighted by molar-refractivity contribution is 7.22. The highest BCUT2D eigenvalue weighted by Crippen LogP contribution is 2.45. The Morgan fingerprint density at radius 2 is 2.00 bits per heavy atom. The Morgan fingerprint density at radius 1 is 1.16 bits per heavy atom. The zero-order valence-corrected chi connectivity index (χ0v) is 17.5. The van der Waals surface area contributed by atoms with Crippen LogP contribution in [-0.4, -0.2) is 34.0 Å². The number of anilines is 1. The van der Waals surface area contributed by atoms with Gasteiger partial charge in [0.2, 0.25) is 5.78 Å². The summed E-state index contributed by atoms with van der Waals surface area (Å²) in [6, 6.07) is 13.5. The van der Waals surface area contributed by atoms with Crippen molar-refractivity contribution in [3.05, 3.63) is 83.5 Å². The summed E-state index contributed by atoms with van der Waals surface area (Å²) < 4.78 is 11.2. The molecule has 3 heterocycles. The number of carbonyl (C=O) groups is 2. The van der Waals surface area contributed by atoms with Gasteiger partial charge in [0, 0.05) is 0 Å². The number of Topliss-reactive ketones (excluding diaryl/α,β-unsaturated/α-hetero) is 1. The number of carbonyl (C=O) groups excluding carboxylic acids is 2. The van der Waals surface area contributed by atoms with Gasteiger partial charge in [0.05, 0.1) is 35.2 Å². The molecular formula is C23H16N2O6S. The minimum Gasteiger partial charge on any atom is -0.508 e. The van der Waals surface area contributed by atoms with E-state index in [9.17, 15) is 19.8 Å². The van der Waals surface area contributed by atoms with Crippen molar-refractivity contribution in [1.29, 1.82) is 0 Å². The van der Waals surface area contributed by atoms with Crippen LogP contribution in [0, 0.1) is 0 Å². The Balaban J connectivity index is 1.68. The van der Waals surface area contributed by atoms with Gasteiger partial charge < -0.3 is 19.4 Å².